The summed E-state index contributed by atoms with van der Waals surface area (Å²) in [4.78, 5) is 0. The molecule has 3 heterocycles. The molecule has 0 spiro atoms. The minimum atomic E-state index is -2.92. The summed E-state index contributed by atoms with van der Waals surface area (Å²) in [6.45, 7) is 0. The molecule has 0 aliphatic carbocycles. The molecule has 6 nitrogen and oxygen atoms in total. The van der Waals surface area contributed by atoms with E-state index in [0.29, 0.717) is 0 Å². The molecule has 0 unspecified atom stereocenters. The van der Waals surface area contributed by atoms with Gasteiger partial charge in [-0.05, 0) is 33.4 Å². The van der Waals surface area contributed by atoms with E-state index in [1.165, 1.54) is 33.4 Å². The fourth-order valence-electron chi connectivity index (χ4n) is 4.46. The van der Waals surface area contributed by atoms with E-state index in [-0.39, 0.29) is 0 Å². The van der Waals surface area contributed by atoms with Crippen LogP contribution in [0.5, 0.6) is 0 Å². The standard InChI is InChI=1S/C26H20.3C5H5IN.BO3/c1-5-13-21(14-6-1)25(22-15-7-2-8-16-22)26(23-17-9-3-10-18-23)24-19-11-4-12-20-24;3*6-7-4-2-1-3-5-7;2-1(3)4/h1-20H;3*1-5H;/q;3*+1;-3. The molecule has 0 radical (unpaired) electrons. The van der Waals surface area contributed by atoms with Crippen LogP contribution in [-0.2, 0) is 0 Å². The molecule has 0 atom stereocenters. The summed E-state index contributed by atoms with van der Waals surface area (Å²) in [5.74, 6) is 0. The zero-order valence-electron chi connectivity index (χ0n) is 27.5. The lowest BCUT2D eigenvalue weighted by molar-refractivity contribution is -0.479. The maximum Gasteiger partial charge on any atom is 0.353 e. The van der Waals surface area contributed by atoms with Crippen LogP contribution in [0.1, 0.15) is 22.3 Å². The van der Waals surface area contributed by atoms with Crippen molar-refractivity contribution in [2.24, 2.45) is 0 Å². The summed E-state index contributed by atoms with van der Waals surface area (Å²) in [6, 6.07) is 60.5. The molecule has 0 saturated carbocycles. The van der Waals surface area contributed by atoms with Crippen molar-refractivity contribution >= 4 is 87.1 Å². The van der Waals surface area contributed by atoms with Crippen LogP contribution in [0.3, 0.4) is 0 Å². The largest absolute Gasteiger partial charge is 0.907 e. The number of hydrogen-bond acceptors (Lipinski definition) is 3. The van der Waals surface area contributed by atoms with E-state index in [1.807, 2.05) is 100 Å². The number of rotatable bonds is 4. The highest BCUT2D eigenvalue weighted by atomic mass is 127. The SMILES string of the molecule is I[n+]1ccccc1.I[n+]1ccccc1.I[n+]1ccccc1.[O-]B([O-])[O-].c1ccc(C(=C(c2ccccc2)c2ccccc2)c2ccccc2)cc1. The average Bonchev–Trinajstić information content (AvgIpc) is 3.17. The number of halogens is 3. The van der Waals surface area contributed by atoms with E-state index >= 15 is 0 Å². The van der Waals surface area contributed by atoms with Crippen molar-refractivity contribution in [3.63, 3.8) is 0 Å². The molecule has 51 heavy (non-hydrogen) atoms. The van der Waals surface area contributed by atoms with Crippen LogP contribution >= 0.6 is 68.6 Å². The van der Waals surface area contributed by atoms with Crippen LogP contribution in [0.2, 0.25) is 0 Å². The van der Waals surface area contributed by atoms with Crippen molar-refractivity contribution in [2.45, 2.75) is 0 Å². The van der Waals surface area contributed by atoms with Gasteiger partial charge in [-0.3, -0.25) is 7.32 Å². The Labute approximate surface area is 342 Å². The third-order valence-corrected chi connectivity index (χ3v) is 8.47. The molecule has 7 aromatic rings. The monoisotopic (exact) mass is 1010 g/mol. The van der Waals surface area contributed by atoms with E-state index in [2.05, 4.69) is 190 Å². The van der Waals surface area contributed by atoms with Crippen LogP contribution in [0.25, 0.3) is 11.1 Å². The van der Waals surface area contributed by atoms with Gasteiger partial charge in [0, 0.05) is 36.4 Å². The lowest BCUT2D eigenvalue weighted by Crippen LogP contribution is -2.56. The van der Waals surface area contributed by atoms with E-state index in [9.17, 15) is 0 Å². The fourth-order valence-corrected chi connectivity index (χ4v) is 5.58. The summed E-state index contributed by atoms with van der Waals surface area (Å²) in [5, 5.41) is 25.2. The molecule has 4 aromatic carbocycles. The van der Waals surface area contributed by atoms with Gasteiger partial charge < -0.3 is 15.1 Å². The molecule has 10 heteroatoms. The third-order valence-electron chi connectivity index (χ3n) is 6.54. The van der Waals surface area contributed by atoms with Crippen molar-refractivity contribution in [1.29, 1.82) is 0 Å². The number of nitrogens with zero attached hydrogens (tertiary/aromatic N) is 3. The smallest absolute Gasteiger partial charge is 0.353 e. The Morgan fingerprint density at radius 1 is 0.314 bits per heavy atom. The average molecular weight is 1010 g/mol. The van der Waals surface area contributed by atoms with Crippen molar-refractivity contribution in [3.05, 3.63) is 235 Å². The molecule has 0 saturated heterocycles. The highest BCUT2D eigenvalue weighted by Gasteiger charge is 2.15. The highest BCUT2D eigenvalue weighted by molar-refractivity contribution is 14.1. The van der Waals surface area contributed by atoms with Gasteiger partial charge in [-0.1, -0.05) is 140 Å². The van der Waals surface area contributed by atoms with Gasteiger partial charge in [0.15, 0.2) is 37.2 Å². The predicted molar refractivity (Wildman–Crippen MR) is 225 cm³/mol. The minimum Gasteiger partial charge on any atom is -0.907 e. The lowest BCUT2D eigenvalue weighted by atomic mass is 9.86. The van der Waals surface area contributed by atoms with Gasteiger partial charge in [0.2, 0.25) is 0 Å². The highest BCUT2D eigenvalue weighted by Crippen LogP contribution is 2.36. The van der Waals surface area contributed by atoms with Gasteiger partial charge in [0.25, 0.3) is 0 Å². The van der Waals surface area contributed by atoms with E-state index < -0.39 is 7.32 Å². The molecule has 3 aromatic heterocycles. The molecule has 0 amide bonds. The summed E-state index contributed by atoms with van der Waals surface area (Å²) in [7, 11) is -2.92. The van der Waals surface area contributed by atoms with E-state index in [4.69, 9.17) is 15.1 Å². The van der Waals surface area contributed by atoms with Gasteiger partial charge in [0.05, 0.1) is 0 Å². The lowest BCUT2D eigenvalue weighted by Gasteiger charge is -2.35. The fraction of sp³-hybridized carbons (Fsp3) is 0. The van der Waals surface area contributed by atoms with Crippen molar-refractivity contribution < 1.29 is 23.4 Å². The minimum absolute atomic E-state index is 1.22. The topological polar surface area (TPSA) is 80.8 Å². The molecule has 7 rings (SSSR count). The molecule has 256 valence electrons. The zero-order valence-corrected chi connectivity index (χ0v) is 34.0. The van der Waals surface area contributed by atoms with Gasteiger partial charge in [-0.25, -0.2) is 0 Å². The second kappa shape index (κ2) is 25.2. The normalized spacial score (nSPS) is 9.37. The van der Waals surface area contributed by atoms with Crippen LogP contribution in [-0.4, -0.2) is 7.32 Å². The molecular weight excluding hydrogens is 974 g/mol. The van der Waals surface area contributed by atoms with Crippen LogP contribution in [0, 0.1) is 0 Å². The molecule has 0 fully saturated rings. The Hall–Kier alpha value is -3.80. The number of hydrogen-bond donors (Lipinski definition) is 0. The van der Waals surface area contributed by atoms with Crippen LogP contribution in [0.4, 0.5) is 0 Å². The maximum absolute atomic E-state index is 8.42. The second-order valence-corrected chi connectivity index (χ2v) is 13.5. The predicted octanol–water partition coefficient (Wildman–Crippen LogP) is 6.26. The Morgan fingerprint density at radius 3 is 0.608 bits per heavy atom. The third kappa shape index (κ3) is 17.3. The van der Waals surface area contributed by atoms with Crippen molar-refractivity contribution in [3.8, 4) is 0 Å². The van der Waals surface area contributed by atoms with Crippen LogP contribution in [0.15, 0.2) is 213 Å². The maximum atomic E-state index is 8.42. The number of pyridine rings is 3. The van der Waals surface area contributed by atoms with Crippen molar-refractivity contribution in [1.82, 2.24) is 0 Å². The number of benzene rings is 4. The first kappa shape index (κ1) is 41.6. The first-order valence-electron chi connectivity index (χ1n) is 15.7. The Kier molecular flexibility index (Phi) is 20.6. The molecule has 0 aliphatic rings. The first-order valence-corrected chi connectivity index (χ1v) is 18.6. The Morgan fingerprint density at radius 2 is 0.471 bits per heavy atom. The quantitative estimate of drug-likeness (QED) is 0.119. The molecule has 0 bridgehead atoms. The zero-order chi connectivity index (χ0) is 36.5. The molecule has 0 N–H and O–H groups in total. The molecular formula is C41H35BI3N3O3. The second-order valence-electron chi connectivity index (χ2n) is 10.2. The van der Waals surface area contributed by atoms with E-state index in [0.717, 1.165) is 0 Å². The summed E-state index contributed by atoms with van der Waals surface area (Å²) >= 11 is 6.59. The van der Waals surface area contributed by atoms with E-state index in [1.54, 1.807) is 0 Å². The van der Waals surface area contributed by atoms with Gasteiger partial charge >= 0.3 is 68.6 Å². The first-order chi connectivity index (χ1) is 24.8. The summed E-state index contributed by atoms with van der Waals surface area (Å²) < 4.78 is 5.91. The van der Waals surface area contributed by atoms with Crippen LogP contribution < -0.4 is 23.4 Å². The Bertz CT molecular complexity index is 1670. The molecule has 0 aliphatic heterocycles. The number of aromatic nitrogens is 3. The Balaban J connectivity index is 0.000000225. The summed E-state index contributed by atoms with van der Waals surface area (Å²) in [6.07, 6.45) is 11.9. The van der Waals surface area contributed by atoms with Crippen molar-refractivity contribution in [2.75, 3.05) is 0 Å². The van der Waals surface area contributed by atoms with Gasteiger partial charge in [-0.15, -0.1) is 8.34 Å². The van der Waals surface area contributed by atoms with Gasteiger partial charge in [-0.2, -0.15) is 0 Å². The summed E-state index contributed by atoms with van der Waals surface area (Å²) in [5.41, 5.74) is 7.40. The van der Waals surface area contributed by atoms with Gasteiger partial charge in [0.1, 0.15) is 0 Å².